The molecule has 0 radical (unpaired) electrons. The summed E-state index contributed by atoms with van der Waals surface area (Å²) in [5.74, 6) is -0.572. The van der Waals surface area contributed by atoms with E-state index in [0.717, 1.165) is 12.8 Å². The fourth-order valence-electron chi connectivity index (χ4n) is 1.31. The summed E-state index contributed by atoms with van der Waals surface area (Å²) in [5, 5.41) is 0. The van der Waals surface area contributed by atoms with E-state index in [0.29, 0.717) is 6.61 Å². The summed E-state index contributed by atoms with van der Waals surface area (Å²) >= 11 is 0. The molecule has 18 heavy (non-hydrogen) atoms. The molecule has 4 heteroatoms. The molecule has 0 bridgehead atoms. The number of benzene rings is 1. The molecule has 1 rings (SSSR count). The summed E-state index contributed by atoms with van der Waals surface area (Å²) in [7, 11) is 0. The highest BCUT2D eigenvalue weighted by Gasteiger charge is 2.15. The standard InChI is InChI=1S/C14H18O4/c1-3-5-10-17-14(16)11-8-6-7-9-12(11)18-13(15)4-2/h6-9H,3-5,10H2,1-2H3. The van der Waals surface area contributed by atoms with Gasteiger partial charge in [-0.05, 0) is 18.6 Å². The predicted molar refractivity (Wildman–Crippen MR) is 67.6 cm³/mol. The van der Waals surface area contributed by atoms with Gasteiger partial charge in [0.2, 0.25) is 0 Å². The summed E-state index contributed by atoms with van der Waals surface area (Å²) in [6, 6.07) is 6.59. The highest BCUT2D eigenvalue weighted by Crippen LogP contribution is 2.19. The van der Waals surface area contributed by atoms with Crippen molar-refractivity contribution in [2.75, 3.05) is 6.61 Å². The van der Waals surface area contributed by atoms with Crippen LogP contribution < -0.4 is 4.74 Å². The first kappa shape index (κ1) is 14.2. The smallest absolute Gasteiger partial charge is 0.341 e. The molecule has 0 atom stereocenters. The maximum atomic E-state index is 11.8. The van der Waals surface area contributed by atoms with Gasteiger partial charge in [0.15, 0.2) is 0 Å². The van der Waals surface area contributed by atoms with Gasteiger partial charge in [-0.3, -0.25) is 4.79 Å². The van der Waals surface area contributed by atoms with E-state index >= 15 is 0 Å². The molecule has 0 heterocycles. The van der Waals surface area contributed by atoms with Gasteiger partial charge in [-0.25, -0.2) is 4.79 Å². The van der Waals surface area contributed by atoms with Crippen LogP contribution in [0.4, 0.5) is 0 Å². The van der Waals surface area contributed by atoms with Gasteiger partial charge in [0.1, 0.15) is 11.3 Å². The van der Waals surface area contributed by atoms with Gasteiger partial charge in [0, 0.05) is 6.42 Å². The number of hydrogen-bond acceptors (Lipinski definition) is 4. The van der Waals surface area contributed by atoms with Crippen molar-refractivity contribution in [2.45, 2.75) is 33.1 Å². The Bertz CT molecular complexity index is 412. The van der Waals surface area contributed by atoms with Crippen LogP contribution in [-0.2, 0) is 9.53 Å². The van der Waals surface area contributed by atoms with Crippen molar-refractivity contribution in [3.63, 3.8) is 0 Å². The lowest BCUT2D eigenvalue weighted by Crippen LogP contribution is -2.12. The zero-order valence-electron chi connectivity index (χ0n) is 10.8. The zero-order valence-corrected chi connectivity index (χ0v) is 10.8. The van der Waals surface area contributed by atoms with Crippen molar-refractivity contribution in [1.29, 1.82) is 0 Å². The molecule has 0 aliphatic carbocycles. The second-order valence-corrected chi connectivity index (χ2v) is 3.81. The fraction of sp³-hybridized carbons (Fsp3) is 0.429. The molecule has 0 saturated heterocycles. The Labute approximate surface area is 107 Å². The van der Waals surface area contributed by atoms with Gasteiger partial charge in [-0.15, -0.1) is 0 Å². The summed E-state index contributed by atoms with van der Waals surface area (Å²) in [6.07, 6.45) is 2.04. The first-order chi connectivity index (χ1) is 8.69. The predicted octanol–water partition coefficient (Wildman–Crippen LogP) is 2.96. The third-order valence-corrected chi connectivity index (χ3v) is 2.35. The molecule has 0 saturated carbocycles. The van der Waals surface area contributed by atoms with Crippen molar-refractivity contribution in [1.82, 2.24) is 0 Å². The van der Waals surface area contributed by atoms with Gasteiger partial charge in [-0.1, -0.05) is 32.4 Å². The van der Waals surface area contributed by atoms with Crippen LogP contribution in [0.25, 0.3) is 0 Å². The van der Waals surface area contributed by atoms with Crippen LogP contribution in [0.1, 0.15) is 43.5 Å². The molecule has 98 valence electrons. The van der Waals surface area contributed by atoms with E-state index in [4.69, 9.17) is 9.47 Å². The molecule has 0 unspecified atom stereocenters. The zero-order chi connectivity index (χ0) is 13.4. The van der Waals surface area contributed by atoms with Crippen LogP contribution in [0.3, 0.4) is 0 Å². The Balaban J connectivity index is 2.74. The van der Waals surface area contributed by atoms with Crippen LogP contribution in [0.15, 0.2) is 24.3 Å². The van der Waals surface area contributed by atoms with Gasteiger partial charge < -0.3 is 9.47 Å². The van der Waals surface area contributed by atoms with E-state index in [1.165, 1.54) is 0 Å². The Hall–Kier alpha value is -1.84. The fourth-order valence-corrected chi connectivity index (χ4v) is 1.31. The average molecular weight is 250 g/mol. The van der Waals surface area contributed by atoms with Crippen LogP contribution >= 0.6 is 0 Å². The average Bonchev–Trinajstić information content (AvgIpc) is 2.39. The van der Waals surface area contributed by atoms with Crippen molar-refractivity contribution in [3.05, 3.63) is 29.8 Å². The van der Waals surface area contributed by atoms with Gasteiger partial charge >= 0.3 is 11.9 Å². The largest absolute Gasteiger partial charge is 0.462 e. The minimum Gasteiger partial charge on any atom is -0.462 e. The van der Waals surface area contributed by atoms with Crippen LogP contribution in [-0.4, -0.2) is 18.5 Å². The van der Waals surface area contributed by atoms with Gasteiger partial charge in [-0.2, -0.15) is 0 Å². The first-order valence-electron chi connectivity index (χ1n) is 6.15. The van der Waals surface area contributed by atoms with E-state index in [-0.39, 0.29) is 23.7 Å². The van der Waals surface area contributed by atoms with Crippen molar-refractivity contribution < 1.29 is 19.1 Å². The molecular weight excluding hydrogens is 232 g/mol. The SMILES string of the molecule is CCCCOC(=O)c1ccccc1OC(=O)CC. The number of unbranched alkanes of at least 4 members (excludes halogenated alkanes) is 1. The number of hydrogen-bond donors (Lipinski definition) is 0. The number of rotatable bonds is 6. The lowest BCUT2D eigenvalue weighted by molar-refractivity contribution is -0.134. The Morgan fingerprint density at radius 1 is 1.17 bits per heavy atom. The Morgan fingerprint density at radius 3 is 2.56 bits per heavy atom. The maximum Gasteiger partial charge on any atom is 0.341 e. The minimum atomic E-state index is -0.456. The molecule has 0 aliphatic heterocycles. The molecule has 4 nitrogen and oxygen atoms in total. The maximum absolute atomic E-state index is 11.8. The van der Waals surface area contributed by atoms with Crippen LogP contribution in [0, 0.1) is 0 Å². The molecule has 0 fully saturated rings. The molecule has 0 spiro atoms. The van der Waals surface area contributed by atoms with Crippen molar-refractivity contribution >= 4 is 11.9 Å². The monoisotopic (exact) mass is 250 g/mol. The van der Waals surface area contributed by atoms with E-state index in [2.05, 4.69) is 0 Å². The Kier molecular flexibility index (Phi) is 5.91. The van der Waals surface area contributed by atoms with Crippen LogP contribution in [0.2, 0.25) is 0 Å². The Morgan fingerprint density at radius 2 is 1.89 bits per heavy atom. The topological polar surface area (TPSA) is 52.6 Å². The summed E-state index contributed by atoms with van der Waals surface area (Å²) in [5.41, 5.74) is 0.287. The molecule has 0 aliphatic rings. The number of esters is 2. The molecule has 0 N–H and O–H groups in total. The number of para-hydroxylation sites is 1. The van der Waals surface area contributed by atoms with E-state index < -0.39 is 5.97 Å². The molecule has 0 aromatic heterocycles. The number of carbonyl (C=O) groups excluding carboxylic acids is 2. The highest BCUT2D eigenvalue weighted by molar-refractivity contribution is 5.93. The highest BCUT2D eigenvalue weighted by atomic mass is 16.5. The summed E-state index contributed by atoms with van der Waals surface area (Å²) in [4.78, 5) is 23.0. The summed E-state index contributed by atoms with van der Waals surface area (Å²) < 4.78 is 10.2. The van der Waals surface area contributed by atoms with E-state index in [9.17, 15) is 9.59 Å². The first-order valence-corrected chi connectivity index (χ1v) is 6.15. The van der Waals surface area contributed by atoms with Gasteiger partial charge in [0.05, 0.1) is 6.61 Å². The molecule has 1 aromatic rings. The molecular formula is C14H18O4. The van der Waals surface area contributed by atoms with E-state index in [1.54, 1.807) is 31.2 Å². The lowest BCUT2D eigenvalue weighted by Gasteiger charge is -2.09. The van der Waals surface area contributed by atoms with Crippen molar-refractivity contribution in [3.8, 4) is 5.75 Å². The molecule has 1 aromatic carbocycles. The number of carbonyl (C=O) groups is 2. The second kappa shape index (κ2) is 7.48. The second-order valence-electron chi connectivity index (χ2n) is 3.81. The van der Waals surface area contributed by atoms with Crippen LogP contribution in [0.5, 0.6) is 5.75 Å². The lowest BCUT2D eigenvalue weighted by atomic mass is 10.2. The van der Waals surface area contributed by atoms with E-state index in [1.807, 2.05) is 6.92 Å². The normalized spacial score (nSPS) is 9.89. The number of ether oxygens (including phenoxy) is 2. The minimum absolute atomic E-state index is 0.255. The third-order valence-electron chi connectivity index (χ3n) is 2.35. The van der Waals surface area contributed by atoms with Crippen molar-refractivity contribution in [2.24, 2.45) is 0 Å². The summed E-state index contributed by atoms with van der Waals surface area (Å²) in [6.45, 7) is 4.10. The van der Waals surface area contributed by atoms with Gasteiger partial charge in [0.25, 0.3) is 0 Å². The molecule has 0 amide bonds. The third kappa shape index (κ3) is 4.20. The quantitative estimate of drug-likeness (QED) is 0.442.